The standard InChI is InChI=1S/C17H16FNO/c1-10-5-3-4-6-13(10)16(19)17-11(2)14-9-12(18)7-8-15(14)20-17/h3-9,16H,19H2,1-2H3. The molecule has 3 aromatic rings. The predicted molar refractivity (Wildman–Crippen MR) is 78.1 cm³/mol. The zero-order valence-corrected chi connectivity index (χ0v) is 11.5. The van der Waals surface area contributed by atoms with Crippen LogP contribution in [0.4, 0.5) is 4.39 Å². The number of aryl methyl sites for hydroxylation is 2. The molecule has 0 bridgehead atoms. The molecule has 0 spiro atoms. The average Bonchev–Trinajstić information content (AvgIpc) is 2.76. The topological polar surface area (TPSA) is 39.2 Å². The Labute approximate surface area is 117 Å². The summed E-state index contributed by atoms with van der Waals surface area (Å²) < 4.78 is 19.2. The van der Waals surface area contributed by atoms with Gasteiger partial charge in [0.05, 0.1) is 6.04 Å². The minimum absolute atomic E-state index is 0.266. The van der Waals surface area contributed by atoms with E-state index < -0.39 is 0 Å². The van der Waals surface area contributed by atoms with Crippen LogP contribution in [0.25, 0.3) is 11.0 Å². The quantitative estimate of drug-likeness (QED) is 0.756. The van der Waals surface area contributed by atoms with Crippen molar-refractivity contribution in [3.63, 3.8) is 0 Å². The molecular weight excluding hydrogens is 253 g/mol. The fourth-order valence-corrected chi connectivity index (χ4v) is 2.59. The Bertz CT molecular complexity index is 776. The summed E-state index contributed by atoms with van der Waals surface area (Å²) in [5, 5.41) is 0.782. The third-order valence-corrected chi connectivity index (χ3v) is 3.74. The molecule has 0 amide bonds. The Hall–Kier alpha value is -2.13. The van der Waals surface area contributed by atoms with Crippen molar-refractivity contribution in [2.45, 2.75) is 19.9 Å². The predicted octanol–water partition coefficient (Wildman–Crippen LogP) is 4.24. The minimum Gasteiger partial charge on any atom is -0.459 e. The zero-order valence-electron chi connectivity index (χ0n) is 11.5. The summed E-state index contributed by atoms with van der Waals surface area (Å²) in [4.78, 5) is 0. The third-order valence-electron chi connectivity index (χ3n) is 3.74. The monoisotopic (exact) mass is 269 g/mol. The van der Waals surface area contributed by atoms with E-state index in [0.29, 0.717) is 11.3 Å². The van der Waals surface area contributed by atoms with Crippen molar-refractivity contribution >= 4 is 11.0 Å². The van der Waals surface area contributed by atoms with Crippen molar-refractivity contribution in [1.29, 1.82) is 0 Å². The molecule has 1 unspecified atom stereocenters. The molecule has 0 aliphatic rings. The van der Waals surface area contributed by atoms with Gasteiger partial charge in [0.1, 0.15) is 17.2 Å². The van der Waals surface area contributed by atoms with Crippen LogP contribution in [0.2, 0.25) is 0 Å². The Morgan fingerprint density at radius 2 is 1.85 bits per heavy atom. The van der Waals surface area contributed by atoms with Crippen molar-refractivity contribution in [2.75, 3.05) is 0 Å². The molecule has 2 aromatic carbocycles. The van der Waals surface area contributed by atoms with Crippen molar-refractivity contribution in [3.05, 3.63) is 70.7 Å². The number of hydrogen-bond acceptors (Lipinski definition) is 2. The lowest BCUT2D eigenvalue weighted by atomic mass is 9.98. The number of rotatable bonds is 2. The summed E-state index contributed by atoms with van der Waals surface area (Å²) in [5.74, 6) is 0.428. The minimum atomic E-state index is -0.341. The summed E-state index contributed by atoms with van der Waals surface area (Å²) in [7, 11) is 0. The normalized spacial score (nSPS) is 12.8. The van der Waals surface area contributed by atoms with Gasteiger partial charge in [-0.2, -0.15) is 0 Å². The van der Waals surface area contributed by atoms with Gasteiger partial charge in [0.15, 0.2) is 0 Å². The van der Waals surface area contributed by atoms with Gasteiger partial charge in [-0.3, -0.25) is 0 Å². The van der Waals surface area contributed by atoms with Crippen LogP contribution in [0.5, 0.6) is 0 Å². The molecule has 0 aliphatic heterocycles. The highest BCUT2D eigenvalue weighted by Crippen LogP contribution is 2.32. The van der Waals surface area contributed by atoms with Gasteiger partial charge in [0.2, 0.25) is 0 Å². The van der Waals surface area contributed by atoms with Crippen LogP contribution in [0.3, 0.4) is 0 Å². The number of furan rings is 1. The first-order valence-corrected chi connectivity index (χ1v) is 6.57. The summed E-state index contributed by atoms with van der Waals surface area (Å²) >= 11 is 0. The Balaban J connectivity index is 2.15. The van der Waals surface area contributed by atoms with Crippen LogP contribution in [-0.2, 0) is 0 Å². The first-order chi connectivity index (χ1) is 9.58. The van der Waals surface area contributed by atoms with Gasteiger partial charge in [0.25, 0.3) is 0 Å². The van der Waals surface area contributed by atoms with E-state index in [2.05, 4.69) is 0 Å². The van der Waals surface area contributed by atoms with E-state index in [1.54, 1.807) is 6.07 Å². The largest absolute Gasteiger partial charge is 0.459 e. The molecule has 0 fully saturated rings. The lowest BCUT2D eigenvalue weighted by molar-refractivity contribution is 0.520. The van der Waals surface area contributed by atoms with Gasteiger partial charge >= 0.3 is 0 Å². The molecule has 1 heterocycles. The van der Waals surface area contributed by atoms with Crippen LogP contribution in [0.15, 0.2) is 46.9 Å². The van der Waals surface area contributed by atoms with E-state index in [4.69, 9.17) is 10.2 Å². The molecule has 20 heavy (non-hydrogen) atoms. The van der Waals surface area contributed by atoms with E-state index in [9.17, 15) is 4.39 Å². The molecule has 1 aromatic heterocycles. The molecule has 3 heteroatoms. The first-order valence-electron chi connectivity index (χ1n) is 6.57. The van der Waals surface area contributed by atoms with Gasteiger partial charge in [-0.15, -0.1) is 0 Å². The number of nitrogens with two attached hydrogens (primary N) is 1. The van der Waals surface area contributed by atoms with Crippen LogP contribution < -0.4 is 5.73 Å². The summed E-state index contributed by atoms with van der Waals surface area (Å²) in [6.07, 6.45) is 0. The molecule has 102 valence electrons. The van der Waals surface area contributed by atoms with Gasteiger partial charge in [-0.1, -0.05) is 24.3 Å². The highest BCUT2D eigenvalue weighted by Gasteiger charge is 2.20. The van der Waals surface area contributed by atoms with E-state index >= 15 is 0 Å². The number of halogens is 1. The maximum absolute atomic E-state index is 13.3. The van der Waals surface area contributed by atoms with Gasteiger partial charge in [-0.25, -0.2) is 4.39 Å². The van der Waals surface area contributed by atoms with Crippen LogP contribution in [-0.4, -0.2) is 0 Å². The zero-order chi connectivity index (χ0) is 14.3. The number of fused-ring (bicyclic) bond motifs is 1. The van der Waals surface area contributed by atoms with Crippen LogP contribution in [0, 0.1) is 19.7 Å². The summed E-state index contributed by atoms with van der Waals surface area (Å²) in [6, 6.07) is 12.1. The lowest BCUT2D eigenvalue weighted by Gasteiger charge is -2.13. The second-order valence-corrected chi connectivity index (χ2v) is 5.07. The Kier molecular flexibility index (Phi) is 3.07. The van der Waals surface area contributed by atoms with Crippen molar-refractivity contribution < 1.29 is 8.81 Å². The van der Waals surface area contributed by atoms with Crippen molar-refractivity contribution in [1.82, 2.24) is 0 Å². The van der Waals surface area contributed by atoms with Crippen molar-refractivity contribution in [2.24, 2.45) is 5.73 Å². The van der Waals surface area contributed by atoms with Gasteiger partial charge in [-0.05, 0) is 43.2 Å². The van der Waals surface area contributed by atoms with Gasteiger partial charge in [0, 0.05) is 10.9 Å². The molecule has 0 radical (unpaired) electrons. The molecule has 0 saturated heterocycles. The first kappa shape index (κ1) is 12.9. The van der Waals surface area contributed by atoms with E-state index in [-0.39, 0.29) is 11.9 Å². The Morgan fingerprint density at radius 3 is 2.60 bits per heavy atom. The van der Waals surface area contributed by atoms with Gasteiger partial charge < -0.3 is 10.2 Å². The maximum Gasteiger partial charge on any atom is 0.134 e. The third kappa shape index (κ3) is 2.00. The summed E-state index contributed by atoms with van der Waals surface area (Å²) in [6.45, 7) is 3.94. The molecule has 3 rings (SSSR count). The highest BCUT2D eigenvalue weighted by atomic mass is 19.1. The van der Waals surface area contributed by atoms with Crippen LogP contribution in [0.1, 0.15) is 28.5 Å². The molecule has 0 saturated carbocycles. The number of benzene rings is 2. The smallest absolute Gasteiger partial charge is 0.134 e. The SMILES string of the molecule is Cc1ccccc1C(N)c1oc2ccc(F)cc2c1C. The van der Waals surface area contributed by atoms with E-state index in [1.165, 1.54) is 12.1 Å². The fourth-order valence-electron chi connectivity index (χ4n) is 2.59. The van der Waals surface area contributed by atoms with E-state index in [0.717, 1.165) is 22.1 Å². The Morgan fingerprint density at radius 1 is 1.10 bits per heavy atom. The maximum atomic E-state index is 13.3. The molecule has 1 atom stereocenters. The molecular formula is C17H16FNO. The number of hydrogen-bond donors (Lipinski definition) is 1. The lowest BCUT2D eigenvalue weighted by Crippen LogP contribution is -2.13. The van der Waals surface area contributed by atoms with Crippen LogP contribution >= 0.6 is 0 Å². The van der Waals surface area contributed by atoms with Crippen molar-refractivity contribution in [3.8, 4) is 0 Å². The van der Waals surface area contributed by atoms with E-state index in [1.807, 2.05) is 38.1 Å². The molecule has 2 nitrogen and oxygen atoms in total. The second kappa shape index (κ2) is 4.76. The average molecular weight is 269 g/mol. The highest BCUT2D eigenvalue weighted by molar-refractivity contribution is 5.82. The molecule has 2 N–H and O–H groups in total. The fraction of sp³-hybridized carbons (Fsp3) is 0.176. The summed E-state index contributed by atoms with van der Waals surface area (Å²) in [5.41, 5.74) is 10.0. The molecule has 0 aliphatic carbocycles. The second-order valence-electron chi connectivity index (χ2n) is 5.07.